The van der Waals surface area contributed by atoms with E-state index in [4.69, 9.17) is 28.6 Å². The Balaban J connectivity index is 5.46. The average Bonchev–Trinajstić information content (AvgIpc) is 3.46. The Hall–Kier alpha value is -3.87. The molecule has 2 atom stereocenters. The van der Waals surface area contributed by atoms with Crippen LogP contribution in [0.3, 0.4) is 0 Å². The van der Waals surface area contributed by atoms with Gasteiger partial charge in [0.1, 0.15) is 19.3 Å². The predicted molar refractivity (Wildman–Crippen MR) is 324 cm³/mol. The Bertz CT molecular complexity index is 1560. The summed E-state index contributed by atoms with van der Waals surface area (Å²) >= 11 is 0. The first-order valence-corrected chi connectivity index (χ1v) is 32.9. The van der Waals surface area contributed by atoms with Crippen molar-refractivity contribution >= 4 is 41.5 Å². The zero-order valence-corrected chi connectivity index (χ0v) is 52.7. The lowest BCUT2D eigenvalue weighted by molar-refractivity contribution is -0.269. The Kier molecular flexibility index (Phi) is 57.4. The number of carbonyl (C=O) groups excluding carboxylic acids is 7. The maximum absolute atomic E-state index is 13.7. The van der Waals surface area contributed by atoms with E-state index in [1.54, 1.807) is 7.11 Å². The van der Waals surface area contributed by atoms with E-state index in [0.29, 0.717) is 45.3 Å². The highest BCUT2D eigenvalue weighted by atomic mass is 17.2. The van der Waals surface area contributed by atoms with Crippen LogP contribution in [0.15, 0.2) is 0 Å². The average molecular weight is 1170 g/mol. The first-order valence-electron chi connectivity index (χ1n) is 32.9. The number of hydrogen-bond acceptors (Lipinski definition) is 14. The molecule has 0 rings (SSSR count). The second-order valence-corrected chi connectivity index (χ2v) is 22.2. The number of unbranched alkanes of at least 4 members (excludes halogenated alkanes) is 31. The van der Waals surface area contributed by atoms with Crippen molar-refractivity contribution in [1.82, 2.24) is 20.9 Å². The summed E-state index contributed by atoms with van der Waals surface area (Å²) in [6.45, 7) is 6.35. The molecule has 18 heteroatoms. The molecule has 0 saturated carbocycles. The van der Waals surface area contributed by atoms with E-state index in [-0.39, 0.29) is 71.1 Å². The number of amides is 4. The van der Waals surface area contributed by atoms with Crippen LogP contribution >= 0.6 is 0 Å². The van der Waals surface area contributed by atoms with E-state index in [2.05, 4.69) is 41.6 Å². The zero-order valence-electron chi connectivity index (χ0n) is 52.7. The number of nitrogens with one attached hydrogen (secondary N) is 3. The van der Waals surface area contributed by atoms with Gasteiger partial charge in [0.05, 0.1) is 39.9 Å². The van der Waals surface area contributed by atoms with E-state index in [0.717, 1.165) is 57.8 Å². The molecule has 0 spiro atoms. The van der Waals surface area contributed by atoms with E-state index < -0.39 is 60.9 Å². The van der Waals surface area contributed by atoms with Gasteiger partial charge in [0.15, 0.2) is 12.7 Å². The van der Waals surface area contributed by atoms with Crippen LogP contribution in [0.1, 0.15) is 278 Å². The fraction of sp³-hybridized carbons (Fsp3) is 0.891. The number of esters is 3. The quantitative estimate of drug-likeness (QED) is 0.0169. The summed E-state index contributed by atoms with van der Waals surface area (Å²) in [5.41, 5.74) is 0. The van der Waals surface area contributed by atoms with Gasteiger partial charge in [-0.3, -0.25) is 33.6 Å². The van der Waals surface area contributed by atoms with Crippen LogP contribution < -0.4 is 16.0 Å². The van der Waals surface area contributed by atoms with E-state index in [1.165, 1.54) is 153 Å². The van der Waals surface area contributed by atoms with Gasteiger partial charge in [-0.2, -0.15) is 0 Å². The first kappa shape index (κ1) is 78.1. The minimum Gasteiger partial charge on any atom is -0.462 e. The summed E-state index contributed by atoms with van der Waals surface area (Å²) in [4.78, 5) is 102. The fourth-order valence-electron chi connectivity index (χ4n) is 9.49. The van der Waals surface area contributed by atoms with Gasteiger partial charge in [0.25, 0.3) is 5.91 Å². The Morgan fingerprint density at radius 1 is 0.439 bits per heavy atom. The molecule has 82 heavy (non-hydrogen) atoms. The molecule has 480 valence electrons. The van der Waals surface area contributed by atoms with E-state index in [1.807, 2.05) is 0 Å². The maximum Gasteiger partial charge on any atom is 0.307 e. The predicted octanol–water partition coefficient (Wildman–Crippen LogP) is 12.4. The molecular formula is C64H120N4O14. The third-order valence-corrected chi connectivity index (χ3v) is 14.6. The summed E-state index contributed by atoms with van der Waals surface area (Å²) in [5.74, 6) is -3.23. The molecule has 0 bridgehead atoms. The highest BCUT2D eigenvalue weighted by molar-refractivity contribution is 5.90. The summed E-state index contributed by atoms with van der Waals surface area (Å²) in [5, 5.41) is 8.45. The molecule has 0 aliphatic rings. The minimum atomic E-state index is -1.04. The molecule has 0 aliphatic heterocycles. The molecule has 0 heterocycles. The molecule has 3 N–H and O–H groups in total. The SMILES string of the molecule is CCCCCCCCCCCCCC(=O)NCCCCC(NC(=O)CN(CCOCCOC)C(=O)COOC)C(=O)NCCC(=O)OCC(COC(=O)CCCCCCCCCCCCC)OC(=O)CCCCCCCCCCCCC. The van der Waals surface area contributed by atoms with Crippen LogP contribution in [0, 0.1) is 0 Å². The monoisotopic (exact) mass is 1170 g/mol. The van der Waals surface area contributed by atoms with Gasteiger partial charge in [-0.1, -0.05) is 213 Å². The summed E-state index contributed by atoms with van der Waals surface area (Å²) in [6, 6.07) is -1.04. The lowest BCUT2D eigenvalue weighted by Gasteiger charge is -2.24. The highest BCUT2D eigenvalue weighted by Gasteiger charge is 2.25. The smallest absolute Gasteiger partial charge is 0.307 e. The van der Waals surface area contributed by atoms with Gasteiger partial charge in [-0.05, 0) is 38.5 Å². The van der Waals surface area contributed by atoms with Crippen molar-refractivity contribution in [3.05, 3.63) is 0 Å². The lowest BCUT2D eigenvalue weighted by atomic mass is 10.1. The van der Waals surface area contributed by atoms with E-state index >= 15 is 0 Å². The third-order valence-electron chi connectivity index (χ3n) is 14.6. The second-order valence-electron chi connectivity index (χ2n) is 22.2. The number of hydrogen-bond donors (Lipinski definition) is 3. The Labute approximate surface area is 497 Å². The largest absolute Gasteiger partial charge is 0.462 e. The van der Waals surface area contributed by atoms with Gasteiger partial charge in [-0.25, -0.2) is 9.78 Å². The van der Waals surface area contributed by atoms with Gasteiger partial charge in [0.2, 0.25) is 17.7 Å². The molecule has 0 aromatic carbocycles. The minimum absolute atomic E-state index is 0.0151. The lowest BCUT2D eigenvalue weighted by Crippen LogP contribution is -2.51. The number of rotatable bonds is 62. The molecule has 2 unspecified atom stereocenters. The van der Waals surface area contributed by atoms with Crippen molar-refractivity contribution in [2.75, 3.05) is 80.0 Å². The van der Waals surface area contributed by atoms with Crippen molar-refractivity contribution in [3.63, 3.8) is 0 Å². The number of carbonyl (C=O) groups is 7. The standard InChI is InChI=1S/C64H120N4O14/c1-6-9-12-15-18-21-24-27-30-33-36-42-58(69)65-46-40-39-41-57(67-59(70)52-68(60(71)55-81-77-5)48-49-78-51-50-76-4)64(75)66-47-45-62(73)80-54-56(82-63(74)44-38-35-32-29-26-23-20-17-14-11-8-3)53-79-61(72)43-37-34-31-28-25-22-19-16-13-10-7-2/h56-57H,6-55H2,1-5H3,(H,65,69)(H,66,75)(H,67,70). The van der Waals surface area contributed by atoms with Crippen LogP contribution in [0.25, 0.3) is 0 Å². The molecule has 0 radical (unpaired) electrons. The van der Waals surface area contributed by atoms with Crippen LogP contribution in [-0.4, -0.2) is 139 Å². The van der Waals surface area contributed by atoms with Crippen LogP contribution in [0.5, 0.6) is 0 Å². The molecular weight excluding hydrogens is 1050 g/mol. The number of methoxy groups -OCH3 is 1. The maximum atomic E-state index is 13.7. The Morgan fingerprint density at radius 3 is 1.37 bits per heavy atom. The molecule has 0 fully saturated rings. The third kappa shape index (κ3) is 52.9. The van der Waals surface area contributed by atoms with Crippen molar-refractivity contribution in [2.24, 2.45) is 0 Å². The van der Waals surface area contributed by atoms with E-state index in [9.17, 15) is 33.6 Å². The summed E-state index contributed by atoms with van der Waals surface area (Å²) in [7, 11) is 2.81. The highest BCUT2D eigenvalue weighted by Crippen LogP contribution is 2.16. The van der Waals surface area contributed by atoms with Crippen molar-refractivity contribution in [2.45, 2.75) is 290 Å². The van der Waals surface area contributed by atoms with Gasteiger partial charge in [-0.15, -0.1) is 0 Å². The van der Waals surface area contributed by atoms with Gasteiger partial charge < -0.3 is 44.5 Å². The number of ether oxygens (including phenoxy) is 5. The molecule has 0 aromatic heterocycles. The molecule has 18 nitrogen and oxygen atoms in total. The molecule has 4 amide bonds. The van der Waals surface area contributed by atoms with Crippen molar-refractivity contribution in [1.29, 1.82) is 0 Å². The molecule has 0 aromatic rings. The summed E-state index contributed by atoms with van der Waals surface area (Å²) < 4.78 is 27.3. The Morgan fingerprint density at radius 2 is 0.890 bits per heavy atom. The first-order chi connectivity index (χ1) is 40.0. The van der Waals surface area contributed by atoms with Gasteiger partial charge >= 0.3 is 17.9 Å². The second kappa shape index (κ2) is 60.3. The summed E-state index contributed by atoms with van der Waals surface area (Å²) in [6.07, 6.45) is 39.5. The van der Waals surface area contributed by atoms with Crippen LogP contribution in [-0.2, 0) is 67.0 Å². The number of nitrogens with zero attached hydrogens (tertiary/aromatic N) is 1. The topological polar surface area (TPSA) is 223 Å². The van der Waals surface area contributed by atoms with Crippen LogP contribution in [0.4, 0.5) is 0 Å². The zero-order chi connectivity index (χ0) is 60.2. The molecule has 0 saturated heterocycles. The normalized spacial score (nSPS) is 11.9. The fourth-order valence-corrected chi connectivity index (χ4v) is 9.49. The van der Waals surface area contributed by atoms with Crippen molar-refractivity contribution < 1.29 is 67.0 Å². The van der Waals surface area contributed by atoms with Gasteiger partial charge in [0, 0.05) is 46.0 Å². The van der Waals surface area contributed by atoms with Crippen LogP contribution in [0.2, 0.25) is 0 Å². The molecule has 0 aliphatic carbocycles. The van der Waals surface area contributed by atoms with Crippen molar-refractivity contribution in [3.8, 4) is 0 Å².